The first-order chi connectivity index (χ1) is 12.0. The van der Waals surface area contributed by atoms with Crippen molar-refractivity contribution < 1.29 is 8.78 Å². The number of pyridine rings is 1. The highest BCUT2D eigenvalue weighted by Crippen LogP contribution is 2.32. The number of benzene rings is 1. The summed E-state index contributed by atoms with van der Waals surface area (Å²) in [6.45, 7) is 0. The number of imidazole rings is 1. The largest absolute Gasteiger partial charge is 0.381 e. The van der Waals surface area contributed by atoms with Gasteiger partial charge in [-0.2, -0.15) is 0 Å². The zero-order chi connectivity index (χ0) is 17.6. The molecule has 0 bridgehead atoms. The molecular weight excluding hydrogens is 328 g/mol. The fraction of sp³-hybridized carbons (Fsp3) is 0. The summed E-state index contributed by atoms with van der Waals surface area (Å²) < 4.78 is 28.7. The zero-order valence-electron chi connectivity index (χ0n) is 12.7. The smallest absolute Gasteiger partial charge is 0.283 e. The molecule has 25 heavy (non-hydrogen) atoms. The minimum absolute atomic E-state index is 0.179. The van der Waals surface area contributed by atoms with Crippen molar-refractivity contribution in [3.05, 3.63) is 70.9 Å². The molecule has 0 aliphatic rings. The molecule has 0 aliphatic heterocycles. The minimum atomic E-state index is -0.923. The van der Waals surface area contributed by atoms with Crippen LogP contribution in [0.1, 0.15) is 0 Å². The van der Waals surface area contributed by atoms with E-state index in [-0.39, 0.29) is 5.82 Å². The molecule has 0 spiro atoms. The van der Waals surface area contributed by atoms with Gasteiger partial charge in [-0.25, -0.2) is 18.7 Å². The van der Waals surface area contributed by atoms with Crippen LogP contribution in [-0.2, 0) is 0 Å². The maximum atomic E-state index is 13.8. The van der Waals surface area contributed by atoms with Gasteiger partial charge in [0.05, 0.1) is 11.4 Å². The molecule has 3 N–H and O–H groups in total. The molecule has 0 saturated carbocycles. The van der Waals surface area contributed by atoms with E-state index in [1.165, 1.54) is 24.5 Å². The summed E-state index contributed by atoms with van der Waals surface area (Å²) in [6.07, 6.45) is 4.57. The molecule has 4 aromatic rings. The predicted molar refractivity (Wildman–Crippen MR) is 88.8 cm³/mol. The lowest BCUT2D eigenvalue weighted by atomic mass is 10.0. The molecule has 3 heterocycles. The lowest BCUT2D eigenvalue weighted by Crippen LogP contribution is -2.11. The number of H-pyrrole nitrogens is 1. The second kappa shape index (κ2) is 5.52. The standard InChI is InChI=1S/C17H11F2N5O/c18-11-3-1-9(2-4-11)13-14(10-7-12(19)17(25)22-8-10)24-6-5-21-16(24)15(20)23-13/h1-8H,(H2,20,23)(H,22,25). The summed E-state index contributed by atoms with van der Waals surface area (Å²) in [5.74, 6) is -1.14. The first-order valence-electron chi connectivity index (χ1n) is 7.31. The maximum absolute atomic E-state index is 13.8. The predicted octanol–water partition coefficient (Wildman–Crippen LogP) is 2.61. The molecule has 124 valence electrons. The van der Waals surface area contributed by atoms with Crippen LogP contribution in [0.25, 0.3) is 28.2 Å². The Balaban J connectivity index is 2.09. The van der Waals surface area contributed by atoms with Crippen LogP contribution in [0.2, 0.25) is 0 Å². The minimum Gasteiger partial charge on any atom is -0.381 e. The third kappa shape index (κ3) is 2.44. The fourth-order valence-electron chi connectivity index (χ4n) is 2.69. The second-order valence-corrected chi connectivity index (χ2v) is 5.39. The van der Waals surface area contributed by atoms with Crippen LogP contribution in [0.15, 0.2) is 53.7 Å². The number of nitrogens with zero attached hydrogens (tertiary/aromatic N) is 3. The molecule has 4 rings (SSSR count). The molecule has 0 saturated heterocycles. The highest BCUT2D eigenvalue weighted by atomic mass is 19.1. The van der Waals surface area contributed by atoms with Gasteiger partial charge in [0, 0.05) is 29.7 Å². The van der Waals surface area contributed by atoms with Crippen molar-refractivity contribution in [3.8, 4) is 22.5 Å². The van der Waals surface area contributed by atoms with Gasteiger partial charge >= 0.3 is 0 Å². The van der Waals surface area contributed by atoms with Crippen LogP contribution >= 0.6 is 0 Å². The van der Waals surface area contributed by atoms with Crippen molar-refractivity contribution in [1.82, 2.24) is 19.4 Å². The number of anilines is 1. The Kier molecular flexibility index (Phi) is 3.31. The Morgan fingerprint density at radius 2 is 1.88 bits per heavy atom. The van der Waals surface area contributed by atoms with E-state index in [4.69, 9.17) is 5.73 Å². The SMILES string of the molecule is Nc1nc(-c2ccc(F)cc2)c(-c2c[nH]c(=O)c(F)c2)n2ccnc12. The van der Waals surface area contributed by atoms with Gasteiger partial charge in [-0.3, -0.25) is 9.20 Å². The van der Waals surface area contributed by atoms with E-state index in [1.54, 1.807) is 22.7 Å². The van der Waals surface area contributed by atoms with Crippen LogP contribution in [-0.4, -0.2) is 19.4 Å². The summed E-state index contributed by atoms with van der Waals surface area (Å²) in [5, 5.41) is 0. The molecular formula is C17H11F2N5O. The molecule has 0 amide bonds. The number of rotatable bonds is 2. The Bertz CT molecular complexity index is 1150. The first-order valence-corrected chi connectivity index (χ1v) is 7.31. The van der Waals surface area contributed by atoms with Crippen molar-refractivity contribution in [2.24, 2.45) is 0 Å². The molecule has 1 aromatic carbocycles. The van der Waals surface area contributed by atoms with E-state index in [0.29, 0.717) is 28.2 Å². The summed E-state index contributed by atoms with van der Waals surface area (Å²) in [4.78, 5) is 22.2. The van der Waals surface area contributed by atoms with Gasteiger partial charge < -0.3 is 10.7 Å². The van der Waals surface area contributed by atoms with Crippen molar-refractivity contribution in [1.29, 1.82) is 0 Å². The summed E-state index contributed by atoms with van der Waals surface area (Å²) in [5.41, 5.74) is 7.40. The molecule has 0 fully saturated rings. The number of hydrogen-bond donors (Lipinski definition) is 2. The van der Waals surface area contributed by atoms with Gasteiger partial charge in [0.15, 0.2) is 17.3 Å². The summed E-state index contributed by atoms with van der Waals surface area (Å²) >= 11 is 0. The van der Waals surface area contributed by atoms with E-state index in [0.717, 1.165) is 6.07 Å². The van der Waals surface area contributed by atoms with Crippen LogP contribution in [0.4, 0.5) is 14.6 Å². The van der Waals surface area contributed by atoms with Gasteiger partial charge in [0.25, 0.3) is 5.56 Å². The Labute approximate surface area is 139 Å². The quantitative estimate of drug-likeness (QED) is 0.587. The number of nitrogens with two attached hydrogens (primary N) is 1. The fourth-order valence-corrected chi connectivity index (χ4v) is 2.69. The number of nitrogen functional groups attached to an aromatic ring is 1. The van der Waals surface area contributed by atoms with Gasteiger partial charge in [-0.1, -0.05) is 0 Å². The van der Waals surface area contributed by atoms with Crippen molar-refractivity contribution in [2.45, 2.75) is 0 Å². The second-order valence-electron chi connectivity index (χ2n) is 5.39. The Hall–Kier alpha value is -3.55. The molecule has 0 unspecified atom stereocenters. The summed E-state index contributed by atoms with van der Waals surface area (Å²) in [6, 6.07) is 6.79. The lowest BCUT2D eigenvalue weighted by molar-refractivity contribution is 0.609. The molecule has 0 atom stereocenters. The maximum Gasteiger partial charge on any atom is 0.283 e. The number of fused-ring (bicyclic) bond motifs is 1. The molecule has 0 aliphatic carbocycles. The number of aromatic nitrogens is 4. The third-order valence-electron chi connectivity index (χ3n) is 3.82. The monoisotopic (exact) mass is 339 g/mol. The summed E-state index contributed by atoms with van der Waals surface area (Å²) in [7, 11) is 0. The highest BCUT2D eigenvalue weighted by molar-refractivity contribution is 5.82. The Morgan fingerprint density at radius 1 is 1.12 bits per heavy atom. The molecule has 6 nitrogen and oxygen atoms in total. The van der Waals surface area contributed by atoms with Gasteiger partial charge in [-0.15, -0.1) is 0 Å². The number of nitrogens with one attached hydrogen (secondary N) is 1. The van der Waals surface area contributed by atoms with Crippen LogP contribution in [0.3, 0.4) is 0 Å². The van der Waals surface area contributed by atoms with Gasteiger partial charge in [0.2, 0.25) is 0 Å². The van der Waals surface area contributed by atoms with E-state index < -0.39 is 17.2 Å². The third-order valence-corrected chi connectivity index (χ3v) is 3.82. The number of aromatic amines is 1. The van der Waals surface area contributed by atoms with Crippen molar-refractivity contribution >= 4 is 11.5 Å². The zero-order valence-corrected chi connectivity index (χ0v) is 12.7. The van der Waals surface area contributed by atoms with Crippen molar-refractivity contribution in [3.63, 3.8) is 0 Å². The van der Waals surface area contributed by atoms with Crippen LogP contribution < -0.4 is 11.3 Å². The number of halogens is 2. The molecule has 0 radical (unpaired) electrons. The molecule has 8 heteroatoms. The van der Waals surface area contributed by atoms with Gasteiger partial charge in [-0.05, 0) is 30.3 Å². The highest BCUT2D eigenvalue weighted by Gasteiger charge is 2.18. The average molecular weight is 339 g/mol. The average Bonchev–Trinajstić information content (AvgIpc) is 3.08. The first kappa shape index (κ1) is 15.0. The van der Waals surface area contributed by atoms with E-state index in [9.17, 15) is 13.6 Å². The van der Waals surface area contributed by atoms with E-state index in [2.05, 4.69) is 15.0 Å². The topological polar surface area (TPSA) is 89.1 Å². The Morgan fingerprint density at radius 3 is 2.60 bits per heavy atom. The lowest BCUT2D eigenvalue weighted by Gasteiger charge is -2.13. The van der Waals surface area contributed by atoms with Crippen LogP contribution in [0, 0.1) is 11.6 Å². The van der Waals surface area contributed by atoms with Gasteiger partial charge in [0.1, 0.15) is 5.82 Å². The van der Waals surface area contributed by atoms with Crippen LogP contribution in [0.5, 0.6) is 0 Å². The normalized spacial score (nSPS) is 11.1. The molecule has 3 aromatic heterocycles. The van der Waals surface area contributed by atoms with Crippen molar-refractivity contribution in [2.75, 3.05) is 5.73 Å². The number of hydrogen-bond acceptors (Lipinski definition) is 4. The van der Waals surface area contributed by atoms with E-state index >= 15 is 0 Å². The van der Waals surface area contributed by atoms with E-state index in [1.807, 2.05) is 0 Å².